The summed E-state index contributed by atoms with van der Waals surface area (Å²) in [6.45, 7) is 3.41. The van der Waals surface area contributed by atoms with Crippen molar-refractivity contribution in [3.8, 4) is 0 Å². The van der Waals surface area contributed by atoms with Crippen LogP contribution in [0.5, 0.6) is 0 Å². The molecule has 142 valence electrons. The smallest absolute Gasteiger partial charge is 0.255 e. The van der Waals surface area contributed by atoms with Crippen LogP contribution in [-0.4, -0.2) is 47.8 Å². The molecular formula is C20H24N4O3. The van der Waals surface area contributed by atoms with Gasteiger partial charge in [0.15, 0.2) is 0 Å². The zero-order chi connectivity index (χ0) is 18.5. The van der Waals surface area contributed by atoms with Crippen LogP contribution in [-0.2, 0) is 22.7 Å². The molecule has 4 aliphatic heterocycles. The van der Waals surface area contributed by atoms with E-state index in [1.54, 1.807) is 4.90 Å². The number of hydrogen-bond acceptors (Lipinski definition) is 5. The highest BCUT2D eigenvalue weighted by Gasteiger charge is 2.45. The summed E-state index contributed by atoms with van der Waals surface area (Å²) in [5.74, 6) is 0.851. The molecule has 4 fully saturated rings. The number of fused-ring (bicyclic) bond motifs is 2. The average Bonchev–Trinajstić information content (AvgIpc) is 3.34. The van der Waals surface area contributed by atoms with Crippen molar-refractivity contribution in [2.45, 2.75) is 44.4 Å². The van der Waals surface area contributed by atoms with Gasteiger partial charge in [0.1, 0.15) is 6.04 Å². The third-order valence-electron chi connectivity index (χ3n) is 6.62. The van der Waals surface area contributed by atoms with Crippen molar-refractivity contribution in [1.29, 1.82) is 0 Å². The van der Waals surface area contributed by atoms with Crippen LogP contribution in [0.15, 0.2) is 18.2 Å². The molecule has 0 radical (unpaired) electrons. The number of nitrogens with zero attached hydrogens (tertiary/aromatic N) is 1. The van der Waals surface area contributed by atoms with Crippen LogP contribution >= 0.6 is 0 Å². The maximum atomic E-state index is 12.7. The van der Waals surface area contributed by atoms with E-state index in [1.807, 2.05) is 12.1 Å². The molecular weight excluding hydrogens is 344 g/mol. The molecule has 5 aliphatic rings. The maximum Gasteiger partial charge on any atom is 0.255 e. The van der Waals surface area contributed by atoms with Crippen LogP contribution < -0.4 is 16.0 Å². The minimum Gasteiger partial charge on any atom is -0.322 e. The third-order valence-corrected chi connectivity index (χ3v) is 6.62. The van der Waals surface area contributed by atoms with E-state index in [9.17, 15) is 14.4 Å². The number of amides is 3. The molecule has 3 amide bonds. The minimum absolute atomic E-state index is 0.115. The SMILES string of the molecule is O=C1CCC(N2Cc3cc(CNC[C@@H]4[C@@H]5CN[C@H]4C5)ccc3C2=O)C(=O)N1. The van der Waals surface area contributed by atoms with Gasteiger partial charge in [-0.15, -0.1) is 0 Å². The number of hydrogen-bond donors (Lipinski definition) is 3. The number of imide groups is 1. The Morgan fingerprint density at radius 1 is 1.22 bits per heavy atom. The van der Waals surface area contributed by atoms with E-state index in [-0.39, 0.29) is 24.1 Å². The Hall–Kier alpha value is -2.25. The lowest BCUT2D eigenvalue weighted by molar-refractivity contribution is -0.136. The summed E-state index contributed by atoms with van der Waals surface area (Å²) in [7, 11) is 0. The molecule has 6 rings (SSSR count). The molecule has 1 aromatic carbocycles. The van der Waals surface area contributed by atoms with Crippen LogP contribution in [0.4, 0.5) is 0 Å². The molecule has 7 nitrogen and oxygen atoms in total. The quantitative estimate of drug-likeness (QED) is 0.644. The van der Waals surface area contributed by atoms with Gasteiger partial charge in [0, 0.05) is 37.7 Å². The molecule has 1 aliphatic carbocycles. The Balaban J connectivity index is 1.22. The van der Waals surface area contributed by atoms with E-state index in [0.29, 0.717) is 24.6 Å². The molecule has 27 heavy (non-hydrogen) atoms. The largest absolute Gasteiger partial charge is 0.322 e. The first-order valence-electron chi connectivity index (χ1n) is 9.81. The van der Waals surface area contributed by atoms with E-state index in [4.69, 9.17) is 0 Å². The van der Waals surface area contributed by atoms with E-state index in [2.05, 4.69) is 22.0 Å². The van der Waals surface area contributed by atoms with Crippen LogP contribution in [0.25, 0.3) is 0 Å². The highest BCUT2D eigenvalue weighted by molar-refractivity contribution is 6.05. The Morgan fingerprint density at radius 3 is 2.85 bits per heavy atom. The Bertz CT molecular complexity index is 809. The van der Waals surface area contributed by atoms with Gasteiger partial charge in [-0.2, -0.15) is 0 Å². The molecule has 7 heteroatoms. The zero-order valence-corrected chi connectivity index (χ0v) is 15.2. The van der Waals surface area contributed by atoms with Gasteiger partial charge in [-0.05, 0) is 48.4 Å². The van der Waals surface area contributed by atoms with Crippen molar-refractivity contribution in [3.63, 3.8) is 0 Å². The molecule has 4 atom stereocenters. The second-order valence-electron chi connectivity index (χ2n) is 8.20. The van der Waals surface area contributed by atoms with Crippen molar-refractivity contribution in [3.05, 3.63) is 34.9 Å². The number of piperidine rings is 1. The molecule has 4 heterocycles. The van der Waals surface area contributed by atoms with Crippen molar-refractivity contribution in [2.75, 3.05) is 13.1 Å². The van der Waals surface area contributed by atoms with Gasteiger partial charge in [0.25, 0.3) is 5.91 Å². The van der Waals surface area contributed by atoms with Gasteiger partial charge in [0.05, 0.1) is 0 Å². The van der Waals surface area contributed by atoms with Gasteiger partial charge in [-0.3, -0.25) is 19.7 Å². The van der Waals surface area contributed by atoms with E-state index in [1.165, 1.54) is 6.42 Å². The van der Waals surface area contributed by atoms with Gasteiger partial charge < -0.3 is 15.5 Å². The second kappa shape index (κ2) is 6.42. The summed E-state index contributed by atoms with van der Waals surface area (Å²) in [6, 6.07) is 6.08. The van der Waals surface area contributed by atoms with Gasteiger partial charge in [-0.25, -0.2) is 0 Å². The number of rotatable bonds is 5. The first-order chi connectivity index (χ1) is 13.1. The summed E-state index contributed by atoms with van der Waals surface area (Å²) in [5, 5.41) is 9.43. The summed E-state index contributed by atoms with van der Waals surface area (Å²) >= 11 is 0. The molecule has 3 saturated heterocycles. The molecule has 0 aromatic heterocycles. The summed E-state index contributed by atoms with van der Waals surface area (Å²) in [6.07, 6.45) is 2.00. The molecule has 0 spiro atoms. The van der Waals surface area contributed by atoms with Crippen molar-refractivity contribution < 1.29 is 14.4 Å². The Kier molecular flexibility index (Phi) is 4.02. The fraction of sp³-hybridized carbons (Fsp3) is 0.550. The first-order valence-corrected chi connectivity index (χ1v) is 9.81. The lowest BCUT2D eigenvalue weighted by Gasteiger charge is -2.34. The highest BCUT2D eigenvalue weighted by Crippen LogP contribution is 2.39. The van der Waals surface area contributed by atoms with Crippen molar-refractivity contribution >= 4 is 17.7 Å². The molecule has 3 N–H and O–H groups in total. The van der Waals surface area contributed by atoms with E-state index < -0.39 is 6.04 Å². The van der Waals surface area contributed by atoms with E-state index >= 15 is 0 Å². The lowest BCUT2D eigenvalue weighted by Crippen LogP contribution is -2.52. The summed E-state index contributed by atoms with van der Waals surface area (Å²) in [4.78, 5) is 37.8. The predicted octanol–water partition coefficient (Wildman–Crippen LogP) is 0.145. The fourth-order valence-electron chi connectivity index (χ4n) is 5.01. The van der Waals surface area contributed by atoms with Crippen molar-refractivity contribution in [2.24, 2.45) is 11.8 Å². The van der Waals surface area contributed by atoms with Gasteiger partial charge in [0.2, 0.25) is 11.8 Å². The summed E-state index contributed by atoms with van der Waals surface area (Å²) in [5.41, 5.74) is 2.80. The number of benzene rings is 1. The lowest BCUT2D eigenvalue weighted by atomic mass is 9.74. The van der Waals surface area contributed by atoms with E-state index in [0.717, 1.165) is 42.6 Å². The van der Waals surface area contributed by atoms with Gasteiger partial charge in [-0.1, -0.05) is 12.1 Å². The van der Waals surface area contributed by atoms with Crippen LogP contribution in [0, 0.1) is 11.8 Å². The molecule has 1 aromatic rings. The molecule has 1 unspecified atom stereocenters. The first kappa shape index (κ1) is 16.9. The summed E-state index contributed by atoms with van der Waals surface area (Å²) < 4.78 is 0. The maximum absolute atomic E-state index is 12.7. The number of nitrogens with one attached hydrogen (secondary N) is 3. The standard InChI is InChI=1S/C20H24N4O3/c25-18-4-3-17(19(26)23-18)24-10-13-5-11(1-2-14(13)20(24)27)7-21-9-15-12-6-16(15)22-8-12/h1-2,5,12,15-17,21-22H,3-4,6-10H2,(H,23,25,26)/t12-,15+,16-,17?/m0/s1. The van der Waals surface area contributed by atoms with Crippen LogP contribution in [0.1, 0.15) is 40.7 Å². The number of carbonyl (C=O) groups is 3. The monoisotopic (exact) mass is 368 g/mol. The zero-order valence-electron chi connectivity index (χ0n) is 15.2. The normalized spacial score (nSPS) is 31.7. The average molecular weight is 368 g/mol. The fourth-order valence-corrected chi connectivity index (χ4v) is 5.01. The molecule has 1 saturated carbocycles. The number of carbonyl (C=O) groups excluding carboxylic acids is 3. The van der Waals surface area contributed by atoms with Crippen LogP contribution in [0.2, 0.25) is 0 Å². The topological polar surface area (TPSA) is 90.5 Å². The highest BCUT2D eigenvalue weighted by atomic mass is 16.2. The Morgan fingerprint density at radius 2 is 2.11 bits per heavy atom. The minimum atomic E-state index is -0.550. The van der Waals surface area contributed by atoms with Crippen molar-refractivity contribution in [1.82, 2.24) is 20.9 Å². The second-order valence-corrected chi connectivity index (χ2v) is 8.20. The Labute approximate surface area is 157 Å². The van der Waals surface area contributed by atoms with Gasteiger partial charge >= 0.3 is 0 Å². The predicted molar refractivity (Wildman–Crippen MR) is 97.6 cm³/mol. The third kappa shape index (κ3) is 2.85. The van der Waals surface area contributed by atoms with Crippen LogP contribution in [0.3, 0.4) is 0 Å². The molecule has 2 bridgehead atoms.